The molecule has 0 unspecified atom stereocenters. The summed E-state index contributed by atoms with van der Waals surface area (Å²) in [7, 11) is 0. The van der Waals surface area contributed by atoms with Crippen LogP contribution in [0.5, 0.6) is 0 Å². The quantitative estimate of drug-likeness (QED) is 0.821. The van der Waals surface area contributed by atoms with Crippen molar-refractivity contribution in [1.82, 2.24) is 10.2 Å². The second kappa shape index (κ2) is 5.23. The van der Waals surface area contributed by atoms with Gasteiger partial charge in [-0.05, 0) is 18.1 Å². The van der Waals surface area contributed by atoms with Gasteiger partial charge in [0.25, 0.3) is 5.56 Å². The molecule has 94 valence electrons. The summed E-state index contributed by atoms with van der Waals surface area (Å²) in [6.07, 6.45) is 1.55. The van der Waals surface area contributed by atoms with Crippen LogP contribution in [-0.4, -0.2) is 16.4 Å². The van der Waals surface area contributed by atoms with Crippen molar-refractivity contribution in [3.05, 3.63) is 50.9 Å². The smallest absolute Gasteiger partial charge is 0.273 e. The minimum atomic E-state index is -0.172. The molecule has 0 radical (unpaired) electrons. The Kier molecular flexibility index (Phi) is 3.67. The summed E-state index contributed by atoms with van der Waals surface area (Å²) in [6.45, 7) is 4.01. The number of benzene rings is 1. The second-order valence-electron chi connectivity index (χ2n) is 4.27. The Bertz CT molecular complexity index is 625. The maximum Gasteiger partial charge on any atom is 0.273 e. The Labute approximate surface area is 110 Å². The first-order chi connectivity index (χ1) is 8.59. The number of aromatic amines is 2. The van der Waals surface area contributed by atoms with Crippen molar-refractivity contribution >= 4 is 23.5 Å². The van der Waals surface area contributed by atoms with Crippen LogP contribution in [0, 0.1) is 0 Å². The standard InChI is InChI=1S/C13H14ClN3O/c1-8(2)12-9(13(18)17-16-12)7-15-11-6-4-3-5-10(11)14/h3-8H,1-2H3,(H2,16,17,18). The van der Waals surface area contributed by atoms with Gasteiger partial charge in [-0.1, -0.05) is 37.6 Å². The van der Waals surface area contributed by atoms with Crippen molar-refractivity contribution in [3.8, 4) is 0 Å². The van der Waals surface area contributed by atoms with Gasteiger partial charge in [0.15, 0.2) is 0 Å². The lowest BCUT2D eigenvalue weighted by Gasteiger charge is -2.01. The van der Waals surface area contributed by atoms with Gasteiger partial charge in [0, 0.05) is 11.9 Å². The fourth-order valence-corrected chi connectivity index (χ4v) is 1.84. The summed E-state index contributed by atoms with van der Waals surface area (Å²) in [5, 5.41) is 5.99. The van der Waals surface area contributed by atoms with Gasteiger partial charge in [0.1, 0.15) is 0 Å². The molecule has 2 rings (SSSR count). The monoisotopic (exact) mass is 263 g/mol. The molecule has 1 heterocycles. The van der Waals surface area contributed by atoms with Crippen LogP contribution in [0.4, 0.5) is 5.69 Å². The van der Waals surface area contributed by atoms with Gasteiger partial charge in [-0.15, -0.1) is 0 Å². The van der Waals surface area contributed by atoms with Crippen LogP contribution >= 0.6 is 11.6 Å². The summed E-state index contributed by atoms with van der Waals surface area (Å²) in [5.74, 6) is 0.219. The molecule has 0 bridgehead atoms. The highest BCUT2D eigenvalue weighted by atomic mass is 35.5. The van der Waals surface area contributed by atoms with Crippen LogP contribution < -0.4 is 5.56 Å². The first-order valence-electron chi connectivity index (χ1n) is 5.68. The Morgan fingerprint density at radius 3 is 2.67 bits per heavy atom. The van der Waals surface area contributed by atoms with Crippen LogP contribution in [-0.2, 0) is 0 Å². The Balaban J connectivity index is 2.38. The molecule has 2 N–H and O–H groups in total. The molecule has 0 aliphatic heterocycles. The van der Waals surface area contributed by atoms with Crippen molar-refractivity contribution in [3.63, 3.8) is 0 Å². The molecule has 4 nitrogen and oxygen atoms in total. The highest BCUT2D eigenvalue weighted by Gasteiger charge is 2.10. The number of nitrogens with zero attached hydrogens (tertiary/aromatic N) is 1. The number of H-pyrrole nitrogens is 2. The molecule has 1 aromatic heterocycles. The minimum absolute atomic E-state index is 0.172. The van der Waals surface area contributed by atoms with E-state index >= 15 is 0 Å². The number of para-hydroxylation sites is 1. The van der Waals surface area contributed by atoms with Gasteiger partial charge in [-0.25, -0.2) is 0 Å². The molecule has 0 atom stereocenters. The molecule has 0 saturated carbocycles. The number of hydrogen-bond donors (Lipinski definition) is 2. The molecule has 0 aliphatic carbocycles. The van der Waals surface area contributed by atoms with Crippen molar-refractivity contribution in [2.45, 2.75) is 19.8 Å². The van der Waals surface area contributed by atoms with Crippen molar-refractivity contribution in [1.29, 1.82) is 0 Å². The van der Waals surface area contributed by atoms with Gasteiger partial charge >= 0.3 is 0 Å². The lowest BCUT2D eigenvalue weighted by molar-refractivity contribution is 0.808. The van der Waals surface area contributed by atoms with Gasteiger partial charge in [-0.3, -0.25) is 14.9 Å². The molecule has 0 aliphatic rings. The fourth-order valence-electron chi connectivity index (χ4n) is 1.66. The predicted octanol–water partition coefficient (Wildman–Crippen LogP) is 3.23. The van der Waals surface area contributed by atoms with E-state index in [-0.39, 0.29) is 11.5 Å². The number of hydrogen-bond acceptors (Lipinski definition) is 2. The van der Waals surface area contributed by atoms with Gasteiger partial charge in [0.2, 0.25) is 0 Å². The van der Waals surface area contributed by atoms with Crippen molar-refractivity contribution in [2.24, 2.45) is 4.99 Å². The average molecular weight is 264 g/mol. The van der Waals surface area contributed by atoms with E-state index in [0.717, 1.165) is 5.69 Å². The summed E-state index contributed by atoms with van der Waals surface area (Å²) in [4.78, 5) is 15.9. The third kappa shape index (κ3) is 2.54. The number of aliphatic imine (C=N–C) groups is 1. The molecular formula is C13H14ClN3O. The molecule has 0 fully saturated rings. The lowest BCUT2D eigenvalue weighted by atomic mass is 10.1. The van der Waals surface area contributed by atoms with Gasteiger partial charge < -0.3 is 5.10 Å². The van der Waals surface area contributed by atoms with Crippen molar-refractivity contribution < 1.29 is 0 Å². The Morgan fingerprint density at radius 2 is 2.00 bits per heavy atom. The van der Waals surface area contributed by atoms with Crippen LogP contribution in [0.25, 0.3) is 0 Å². The molecule has 0 spiro atoms. The molecule has 1 aromatic carbocycles. The molecule has 5 heteroatoms. The molecule has 2 aromatic rings. The second-order valence-corrected chi connectivity index (χ2v) is 4.68. The third-order valence-electron chi connectivity index (χ3n) is 2.61. The fraction of sp³-hybridized carbons (Fsp3) is 0.231. The first kappa shape index (κ1) is 12.6. The SMILES string of the molecule is CC(C)c1[nH][nH]c(=O)c1C=Nc1ccccc1Cl. The molecular weight excluding hydrogens is 250 g/mol. The summed E-state index contributed by atoms with van der Waals surface area (Å²) in [5.41, 5.74) is 1.87. The average Bonchev–Trinajstić information content (AvgIpc) is 2.70. The zero-order chi connectivity index (χ0) is 13.1. The lowest BCUT2D eigenvalue weighted by Crippen LogP contribution is -2.06. The Morgan fingerprint density at radius 1 is 1.28 bits per heavy atom. The number of aromatic nitrogens is 2. The van der Waals surface area contributed by atoms with Crippen LogP contribution in [0.3, 0.4) is 0 Å². The first-order valence-corrected chi connectivity index (χ1v) is 6.06. The summed E-state index contributed by atoms with van der Waals surface area (Å²) in [6, 6.07) is 7.25. The highest BCUT2D eigenvalue weighted by Crippen LogP contribution is 2.23. The summed E-state index contributed by atoms with van der Waals surface area (Å²) >= 11 is 6.00. The van der Waals surface area contributed by atoms with Gasteiger partial charge in [0.05, 0.1) is 16.3 Å². The highest BCUT2D eigenvalue weighted by molar-refractivity contribution is 6.33. The van der Waals surface area contributed by atoms with Crippen LogP contribution in [0.2, 0.25) is 5.02 Å². The Hall–Kier alpha value is -1.81. The van der Waals surface area contributed by atoms with E-state index < -0.39 is 0 Å². The van der Waals surface area contributed by atoms with Gasteiger partial charge in [-0.2, -0.15) is 0 Å². The van der Waals surface area contributed by atoms with E-state index in [9.17, 15) is 4.79 Å². The van der Waals surface area contributed by atoms with Crippen LogP contribution in [0.1, 0.15) is 31.0 Å². The number of rotatable bonds is 3. The number of nitrogens with one attached hydrogen (secondary N) is 2. The maximum atomic E-state index is 11.6. The van der Waals surface area contributed by atoms with E-state index in [0.29, 0.717) is 16.3 Å². The molecule has 18 heavy (non-hydrogen) atoms. The predicted molar refractivity (Wildman–Crippen MR) is 74.2 cm³/mol. The maximum absolute atomic E-state index is 11.6. The van der Waals surface area contributed by atoms with E-state index in [4.69, 9.17) is 11.6 Å². The summed E-state index contributed by atoms with van der Waals surface area (Å²) < 4.78 is 0. The van der Waals surface area contributed by atoms with E-state index in [1.54, 1.807) is 18.3 Å². The zero-order valence-electron chi connectivity index (χ0n) is 10.2. The molecule has 0 amide bonds. The normalized spacial score (nSPS) is 11.6. The zero-order valence-corrected chi connectivity index (χ0v) is 11.0. The van der Waals surface area contributed by atoms with Crippen LogP contribution in [0.15, 0.2) is 34.1 Å². The third-order valence-corrected chi connectivity index (χ3v) is 2.93. The van der Waals surface area contributed by atoms with E-state index in [1.807, 2.05) is 26.0 Å². The molecule has 0 saturated heterocycles. The topological polar surface area (TPSA) is 61.0 Å². The minimum Gasteiger partial charge on any atom is -0.301 e. The van der Waals surface area contributed by atoms with E-state index in [1.165, 1.54) is 0 Å². The van der Waals surface area contributed by atoms with E-state index in [2.05, 4.69) is 15.2 Å². The van der Waals surface area contributed by atoms with Crippen molar-refractivity contribution in [2.75, 3.05) is 0 Å². The largest absolute Gasteiger partial charge is 0.301 e. The number of halogens is 1.